The van der Waals surface area contributed by atoms with Crippen LogP contribution in [0, 0.1) is 0 Å². The molecule has 1 heterocycles. The molecule has 88 valence electrons. The number of hydrogen-bond donors (Lipinski definition) is 0. The third-order valence-electron chi connectivity index (χ3n) is 3.34. The molecule has 0 aliphatic carbocycles. The first kappa shape index (κ1) is 11.9. The fourth-order valence-electron chi connectivity index (χ4n) is 2.15. The second-order valence-corrected chi connectivity index (χ2v) is 5.38. The number of unbranched alkanes of at least 4 members (excludes halogenated alkanes) is 1. The van der Waals surface area contributed by atoms with Gasteiger partial charge in [-0.2, -0.15) is 0 Å². The van der Waals surface area contributed by atoms with E-state index in [0.717, 1.165) is 24.7 Å². The van der Waals surface area contributed by atoms with Gasteiger partial charge < -0.3 is 4.74 Å². The van der Waals surface area contributed by atoms with Gasteiger partial charge in [0.15, 0.2) is 0 Å². The summed E-state index contributed by atoms with van der Waals surface area (Å²) in [4.78, 5) is 0. The highest BCUT2D eigenvalue weighted by molar-refractivity contribution is 6.31. The monoisotopic (exact) mass is 238 g/mol. The SMILES string of the molecule is CCCCc1ccc(C2(C)COC2)c(Cl)c1. The molecule has 1 saturated heterocycles. The first-order chi connectivity index (χ1) is 7.65. The average Bonchev–Trinajstić information content (AvgIpc) is 2.23. The van der Waals surface area contributed by atoms with E-state index in [9.17, 15) is 0 Å². The third-order valence-corrected chi connectivity index (χ3v) is 3.66. The molecule has 1 aliphatic heterocycles. The Morgan fingerprint density at radius 2 is 2.12 bits per heavy atom. The number of aryl methyl sites for hydroxylation is 1. The Labute approximate surface area is 103 Å². The van der Waals surface area contributed by atoms with Crippen LogP contribution in [0.1, 0.15) is 37.8 Å². The average molecular weight is 239 g/mol. The zero-order valence-electron chi connectivity index (χ0n) is 10.1. The summed E-state index contributed by atoms with van der Waals surface area (Å²) in [5.41, 5.74) is 2.72. The molecule has 0 unspecified atom stereocenters. The van der Waals surface area contributed by atoms with Gasteiger partial charge in [0.1, 0.15) is 0 Å². The van der Waals surface area contributed by atoms with Crippen LogP contribution in [0.3, 0.4) is 0 Å². The summed E-state index contributed by atoms with van der Waals surface area (Å²) in [6, 6.07) is 6.51. The fourth-order valence-corrected chi connectivity index (χ4v) is 2.58. The molecule has 0 aromatic heterocycles. The highest BCUT2D eigenvalue weighted by Crippen LogP contribution is 2.36. The number of rotatable bonds is 4. The molecule has 2 heteroatoms. The van der Waals surface area contributed by atoms with Gasteiger partial charge in [-0.15, -0.1) is 0 Å². The quantitative estimate of drug-likeness (QED) is 0.771. The van der Waals surface area contributed by atoms with Gasteiger partial charge in [0.25, 0.3) is 0 Å². The second-order valence-electron chi connectivity index (χ2n) is 4.97. The highest BCUT2D eigenvalue weighted by Gasteiger charge is 2.36. The molecule has 0 N–H and O–H groups in total. The normalized spacial score (nSPS) is 18.2. The van der Waals surface area contributed by atoms with E-state index in [2.05, 4.69) is 32.0 Å². The lowest BCUT2D eigenvalue weighted by atomic mass is 9.80. The predicted octanol–water partition coefficient (Wildman–Crippen LogP) is 3.97. The number of halogens is 1. The largest absolute Gasteiger partial charge is 0.379 e. The zero-order chi connectivity index (χ0) is 11.6. The van der Waals surface area contributed by atoms with Gasteiger partial charge in [0.2, 0.25) is 0 Å². The zero-order valence-corrected chi connectivity index (χ0v) is 10.8. The summed E-state index contributed by atoms with van der Waals surface area (Å²) in [6.45, 7) is 6.01. The predicted molar refractivity (Wildman–Crippen MR) is 68.2 cm³/mol. The first-order valence-corrected chi connectivity index (χ1v) is 6.40. The van der Waals surface area contributed by atoms with Crippen molar-refractivity contribution in [1.82, 2.24) is 0 Å². The van der Waals surface area contributed by atoms with E-state index in [4.69, 9.17) is 16.3 Å². The number of benzene rings is 1. The van der Waals surface area contributed by atoms with Crippen molar-refractivity contribution in [1.29, 1.82) is 0 Å². The Morgan fingerprint density at radius 1 is 1.38 bits per heavy atom. The van der Waals surface area contributed by atoms with E-state index in [0.29, 0.717) is 0 Å². The van der Waals surface area contributed by atoms with Gasteiger partial charge in [0.05, 0.1) is 13.2 Å². The topological polar surface area (TPSA) is 9.23 Å². The van der Waals surface area contributed by atoms with Gasteiger partial charge in [-0.25, -0.2) is 0 Å². The molecule has 0 radical (unpaired) electrons. The lowest BCUT2D eigenvalue weighted by Gasteiger charge is -2.39. The maximum Gasteiger partial charge on any atom is 0.0583 e. The van der Waals surface area contributed by atoms with Crippen LogP contribution in [0.25, 0.3) is 0 Å². The summed E-state index contributed by atoms with van der Waals surface area (Å²) < 4.78 is 5.28. The standard InChI is InChI=1S/C14H19ClO/c1-3-4-5-11-6-7-12(13(15)8-11)14(2)9-16-10-14/h6-8H,3-5,9-10H2,1-2H3. The maximum absolute atomic E-state index is 6.35. The molecule has 0 bridgehead atoms. The minimum atomic E-state index is 0.139. The van der Waals surface area contributed by atoms with E-state index < -0.39 is 0 Å². The van der Waals surface area contributed by atoms with Crippen LogP contribution in [0.15, 0.2) is 18.2 Å². The molecular weight excluding hydrogens is 220 g/mol. The van der Waals surface area contributed by atoms with Gasteiger partial charge in [-0.1, -0.05) is 44.0 Å². The molecule has 2 rings (SSSR count). The molecule has 1 aromatic rings. The highest BCUT2D eigenvalue weighted by atomic mass is 35.5. The van der Waals surface area contributed by atoms with Gasteiger partial charge in [0, 0.05) is 10.4 Å². The summed E-state index contributed by atoms with van der Waals surface area (Å²) in [5.74, 6) is 0. The van der Waals surface area contributed by atoms with Crippen molar-refractivity contribution in [3.8, 4) is 0 Å². The minimum absolute atomic E-state index is 0.139. The minimum Gasteiger partial charge on any atom is -0.379 e. The van der Waals surface area contributed by atoms with Gasteiger partial charge in [-0.05, 0) is 30.0 Å². The molecule has 1 nitrogen and oxygen atoms in total. The molecule has 0 saturated carbocycles. The van der Waals surface area contributed by atoms with Gasteiger partial charge in [-0.3, -0.25) is 0 Å². The van der Waals surface area contributed by atoms with Crippen LogP contribution >= 0.6 is 11.6 Å². The first-order valence-electron chi connectivity index (χ1n) is 6.02. The van der Waals surface area contributed by atoms with Crippen LogP contribution in [0.5, 0.6) is 0 Å². The van der Waals surface area contributed by atoms with Crippen molar-refractivity contribution in [3.05, 3.63) is 34.3 Å². The van der Waals surface area contributed by atoms with Crippen LogP contribution < -0.4 is 0 Å². The van der Waals surface area contributed by atoms with Crippen LogP contribution in [0.2, 0.25) is 5.02 Å². The van der Waals surface area contributed by atoms with Crippen LogP contribution in [0.4, 0.5) is 0 Å². The fraction of sp³-hybridized carbons (Fsp3) is 0.571. The third kappa shape index (κ3) is 2.26. The molecule has 16 heavy (non-hydrogen) atoms. The maximum atomic E-state index is 6.35. The summed E-state index contributed by atoms with van der Waals surface area (Å²) in [5, 5.41) is 0.902. The van der Waals surface area contributed by atoms with E-state index in [1.807, 2.05) is 0 Å². The van der Waals surface area contributed by atoms with E-state index in [-0.39, 0.29) is 5.41 Å². The summed E-state index contributed by atoms with van der Waals surface area (Å²) in [6.07, 6.45) is 3.59. The molecule has 1 aliphatic rings. The van der Waals surface area contributed by atoms with Crippen molar-refractivity contribution >= 4 is 11.6 Å². The van der Waals surface area contributed by atoms with Crippen LogP contribution in [-0.4, -0.2) is 13.2 Å². The second kappa shape index (κ2) is 4.77. The van der Waals surface area contributed by atoms with Crippen LogP contribution in [-0.2, 0) is 16.6 Å². The number of ether oxygens (including phenoxy) is 1. The van der Waals surface area contributed by atoms with Crippen molar-refractivity contribution in [2.24, 2.45) is 0 Å². The lowest BCUT2D eigenvalue weighted by Crippen LogP contribution is -2.44. The summed E-state index contributed by atoms with van der Waals surface area (Å²) >= 11 is 6.35. The molecule has 1 fully saturated rings. The van der Waals surface area contributed by atoms with E-state index in [1.54, 1.807) is 0 Å². The molecule has 0 spiro atoms. The van der Waals surface area contributed by atoms with Crippen molar-refractivity contribution in [2.45, 2.75) is 38.5 Å². The summed E-state index contributed by atoms with van der Waals surface area (Å²) in [7, 11) is 0. The molecular formula is C14H19ClO. The van der Waals surface area contributed by atoms with E-state index >= 15 is 0 Å². The Balaban J connectivity index is 2.16. The molecule has 1 aromatic carbocycles. The van der Waals surface area contributed by atoms with Crippen molar-refractivity contribution < 1.29 is 4.74 Å². The molecule has 0 amide bonds. The smallest absolute Gasteiger partial charge is 0.0583 e. The molecule has 0 atom stereocenters. The Kier molecular flexibility index (Phi) is 3.56. The Bertz CT molecular complexity index is 369. The Hall–Kier alpha value is -0.530. The van der Waals surface area contributed by atoms with Crippen molar-refractivity contribution in [2.75, 3.05) is 13.2 Å². The van der Waals surface area contributed by atoms with E-state index in [1.165, 1.54) is 24.0 Å². The number of hydrogen-bond acceptors (Lipinski definition) is 1. The lowest BCUT2D eigenvalue weighted by molar-refractivity contribution is -0.0499. The Morgan fingerprint density at radius 3 is 2.62 bits per heavy atom. The van der Waals surface area contributed by atoms with Gasteiger partial charge >= 0.3 is 0 Å². The van der Waals surface area contributed by atoms with Crippen molar-refractivity contribution in [3.63, 3.8) is 0 Å².